The Hall–Kier alpha value is -3.93. The summed E-state index contributed by atoms with van der Waals surface area (Å²) in [6, 6.07) is 9.90. The summed E-state index contributed by atoms with van der Waals surface area (Å²) in [4.78, 5) is 28.3. The van der Waals surface area contributed by atoms with E-state index in [0.29, 0.717) is 22.5 Å². The van der Waals surface area contributed by atoms with E-state index in [2.05, 4.69) is 32.1 Å². The lowest BCUT2D eigenvalue weighted by molar-refractivity contribution is -0.119. The van der Waals surface area contributed by atoms with Crippen LogP contribution >= 0.6 is 0 Å². The lowest BCUT2D eigenvalue weighted by atomic mass is 9.90. The van der Waals surface area contributed by atoms with Crippen LogP contribution in [-0.4, -0.2) is 45.5 Å². The molecule has 0 radical (unpaired) electrons. The van der Waals surface area contributed by atoms with Gasteiger partial charge in [-0.25, -0.2) is 4.52 Å². The number of carbonyl (C=O) groups excluding carboxylic acids is 2. The first-order chi connectivity index (χ1) is 15.5. The maximum atomic E-state index is 12.4. The fourth-order valence-electron chi connectivity index (χ4n) is 4.17. The molecule has 1 fully saturated rings. The Labute approximate surface area is 185 Å². The topological polar surface area (TPSA) is 124 Å². The molecule has 3 heterocycles. The SMILES string of the molecule is CNC(=O)c1cnc(-c2ccc3cc(C#N)cnn23)cc1N[C@H]1CC[C@H](NC(C)=O)CC1. The molecule has 9 nitrogen and oxygen atoms in total. The molecule has 164 valence electrons. The van der Waals surface area contributed by atoms with Crippen LogP contribution in [0.25, 0.3) is 16.9 Å². The molecule has 4 rings (SSSR count). The molecule has 0 aromatic carbocycles. The van der Waals surface area contributed by atoms with Crippen molar-refractivity contribution in [2.75, 3.05) is 12.4 Å². The van der Waals surface area contributed by atoms with E-state index in [4.69, 9.17) is 5.26 Å². The van der Waals surface area contributed by atoms with Gasteiger partial charge in [0.05, 0.1) is 39.9 Å². The Kier molecular flexibility index (Phi) is 6.03. The zero-order chi connectivity index (χ0) is 22.7. The summed E-state index contributed by atoms with van der Waals surface area (Å²) >= 11 is 0. The first-order valence-corrected chi connectivity index (χ1v) is 10.6. The highest BCUT2D eigenvalue weighted by atomic mass is 16.2. The number of nitrogens with one attached hydrogen (secondary N) is 3. The Balaban J connectivity index is 1.62. The van der Waals surface area contributed by atoms with Gasteiger partial charge in [-0.2, -0.15) is 10.4 Å². The van der Waals surface area contributed by atoms with E-state index in [1.807, 2.05) is 18.2 Å². The number of nitriles is 1. The van der Waals surface area contributed by atoms with Crippen LogP contribution in [0.1, 0.15) is 48.5 Å². The molecule has 0 aliphatic heterocycles. The van der Waals surface area contributed by atoms with Crippen molar-refractivity contribution in [3.8, 4) is 17.5 Å². The molecule has 3 aromatic heterocycles. The molecule has 2 amide bonds. The van der Waals surface area contributed by atoms with Crippen molar-refractivity contribution in [3.63, 3.8) is 0 Å². The van der Waals surface area contributed by atoms with Gasteiger partial charge in [-0.3, -0.25) is 14.6 Å². The zero-order valence-corrected chi connectivity index (χ0v) is 18.1. The molecular formula is C23H25N7O2. The van der Waals surface area contributed by atoms with Gasteiger partial charge in [0.2, 0.25) is 5.91 Å². The molecular weight excluding hydrogens is 406 g/mol. The van der Waals surface area contributed by atoms with E-state index in [9.17, 15) is 9.59 Å². The van der Waals surface area contributed by atoms with E-state index in [-0.39, 0.29) is 23.9 Å². The van der Waals surface area contributed by atoms with E-state index < -0.39 is 0 Å². The quantitative estimate of drug-likeness (QED) is 0.570. The number of nitrogens with zero attached hydrogens (tertiary/aromatic N) is 4. The molecule has 0 atom stereocenters. The van der Waals surface area contributed by atoms with Crippen LogP contribution in [-0.2, 0) is 4.79 Å². The van der Waals surface area contributed by atoms with Crippen LogP contribution in [0.15, 0.2) is 36.7 Å². The van der Waals surface area contributed by atoms with Crippen LogP contribution < -0.4 is 16.0 Å². The van der Waals surface area contributed by atoms with Crippen LogP contribution in [0.4, 0.5) is 5.69 Å². The van der Waals surface area contributed by atoms with Gasteiger partial charge < -0.3 is 16.0 Å². The van der Waals surface area contributed by atoms with Crippen molar-refractivity contribution in [1.29, 1.82) is 5.26 Å². The van der Waals surface area contributed by atoms with Gasteiger partial charge >= 0.3 is 0 Å². The van der Waals surface area contributed by atoms with Gasteiger partial charge in [0.1, 0.15) is 6.07 Å². The standard InChI is InChI=1S/C23H25N7O2/c1-14(31)28-16-3-5-17(6-4-16)29-20-10-21(26-13-19(20)23(32)25-2)22-8-7-18-9-15(11-24)12-27-30(18)22/h7-10,12-13,16-17H,3-6H2,1-2H3,(H,25,32)(H,26,29)(H,28,31)/t16-,17-. The number of aromatic nitrogens is 3. The van der Waals surface area contributed by atoms with Crippen molar-refractivity contribution < 1.29 is 9.59 Å². The van der Waals surface area contributed by atoms with E-state index in [1.165, 1.54) is 6.20 Å². The van der Waals surface area contributed by atoms with E-state index in [0.717, 1.165) is 36.9 Å². The smallest absolute Gasteiger partial charge is 0.254 e. The highest BCUT2D eigenvalue weighted by Gasteiger charge is 2.23. The van der Waals surface area contributed by atoms with Gasteiger partial charge in [-0.1, -0.05) is 0 Å². The number of amides is 2. The first-order valence-electron chi connectivity index (χ1n) is 10.6. The lowest BCUT2D eigenvalue weighted by Crippen LogP contribution is -2.39. The van der Waals surface area contributed by atoms with Gasteiger partial charge in [0.15, 0.2) is 0 Å². The van der Waals surface area contributed by atoms with Crippen molar-refractivity contribution in [3.05, 3.63) is 47.8 Å². The number of rotatable bonds is 5. The number of pyridine rings is 1. The number of anilines is 1. The molecule has 0 spiro atoms. The molecule has 9 heteroatoms. The summed E-state index contributed by atoms with van der Waals surface area (Å²) in [6.45, 7) is 1.54. The highest BCUT2D eigenvalue weighted by Crippen LogP contribution is 2.28. The Morgan fingerprint density at radius 1 is 1.12 bits per heavy atom. The van der Waals surface area contributed by atoms with Gasteiger partial charge in [0, 0.05) is 32.3 Å². The van der Waals surface area contributed by atoms with Crippen LogP contribution in [0.3, 0.4) is 0 Å². The second-order valence-electron chi connectivity index (χ2n) is 8.00. The molecule has 0 unspecified atom stereocenters. The maximum Gasteiger partial charge on any atom is 0.254 e. The second-order valence-corrected chi connectivity index (χ2v) is 8.00. The highest BCUT2D eigenvalue weighted by molar-refractivity contribution is 5.99. The molecule has 3 aromatic rings. The lowest BCUT2D eigenvalue weighted by Gasteiger charge is -2.30. The summed E-state index contributed by atoms with van der Waals surface area (Å²) in [6.07, 6.45) is 6.65. The fraction of sp³-hybridized carbons (Fsp3) is 0.348. The molecule has 32 heavy (non-hydrogen) atoms. The van der Waals surface area contributed by atoms with Gasteiger partial charge in [0.25, 0.3) is 5.91 Å². The third kappa shape index (κ3) is 4.39. The van der Waals surface area contributed by atoms with Crippen LogP contribution in [0, 0.1) is 11.3 Å². The Morgan fingerprint density at radius 2 is 1.88 bits per heavy atom. The summed E-state index contributed by atoms with van der Waals surface area (Å²) in [7, 11) is 1.59. The van der Waals surface area contributed by atoms with Crippen molar-refractivity contribution in [1.82, 2.24) is 25.2 Å². The largest absolute Gasteiger partial charge is 0.382 e. The predicted molar refractivity (Wildman–Crippen MR) is 120 cm³/mol. The first kappa shape index (κ1) is 21.3. The van der Waals surface area contributed by atoms with Gasteiger partial charge in [-0.15, -0.1) is 0 Å². The molecule has 1 aliphatic rings. The van der Waals surface area contributed by atoms with Crippen molar-refractivity contribution in [2.24, 2.45) is 0 Å². The minimum absolute atomic E-state index is 0.00277. The van der Waals surface area contributed by atoms with Crippen LogP contribution in [0.2, 0.25) is 0 Å². The molecule has 1 saturated carbocycles. The molecule has 3 N–H and O–H groups in total. The minimum Gasteiger partial charge on any atom is -0.382 e. The van der Waals surface area contributed by atoms with Gasteiger partial charge in [-0.05, 0) is 49.9 Å². The third-order valence-electron chi connectivity index (χ3n) is 5.76. The van der Waals surface area contributed by atoms with Crippen LogP contribution in [0.5, 0.6) is 0 Å². The van der Waals surface area contributed by atoms with Crippen molar-refractivity contribution >= 4 is 23.0 Å². The number of fused-ring (bicyclic) bond motifs is 1. The zero-order valence-electron chi connectivity index (χ0n) is 18.1. The number of carbonyl (C=O) groups is 2. The Morgan fingerprint density at radius 3 is 2.56 bits per heavy atom. The molecule has 1 aliphatic carbocycles. The third-order valence-corrected chi connectivity index (χ3v) is 5.76. The monoisotopic (exact) mass is 431 g/mol. The number of hydrogen-bond donors (Lipinski definition) is 3. The normalized spacial score (nSPS) is 18.0. The fourth-order valence-corrected chi connectivity index (χ4v) is 4.17. The average Bonchev–Trinajstić information content (AvgIpc) is 3.22. The summed E-state index contributed by atoms with van der Waals surface area (Å²) in [5.41, 5.74) is 3.90. The summed E-state index contributed by atoms with van der Waals surface area (Å²) in [5.74, 6) is -0.215. The predicted octanol–water partition coefficient (Wildman–Crippen LogP) is 2.49. The summed E-state index contributed by atoms with van der Waals surface area (Å²) in [5, 5.41) is 22.6. The molecule has 0 bridgehead atoms. The minimum atomic E-state index is -0.213. The number of hydrogen-bond acceptors (Lipinski definition) is 6. The summed E-state index contributed by atoms with van der Waals surface area (Å²) < 4.78 is 1.73. The van der Waals surface area contributed by atoms with Crippen molar-refractivity contribution in [2.45, 2.75) is 44.7 Å². The maximum absolute atomic E-state index is 12.4. The average molecular weight is 432 g/mol. The van der Waals surface area contributed by atoms with E-state index >= 15 is 0 Å². The second kappa shape index (κ2) is 9.06. The Bertz CT molecular complexity index is 1200. The van der Waals surface area contributed by atoms with E-state index in [1.54, 1.807) is 30.8 Å². The molecule has 0 saturated heterocycles.